The van der Waals surface area contributed by atoms with Crippen molar-refractivity contribution in [2.75, 3.05) is 13.1 Å². The Morgan fingerprint density at radius 3 is 2.42 bits per heavy atom. The van der Waals surface area contributed by atoms with Crippen LogP contribution in [0.5, 0.6) is 0 Å². The summed E-state index contributed by atoms with van der Waals surface area (Å²) in [5.41, 5.74) is 0.0215. The first-order valence-electron chi connectivity index (χ1n) is 12.4. The molecule has 0 unspecified atom stereocenters. The molecule has 0 aromatic carbocycles. The number of fused-ring (bicyclic) bond motifs is 1. The van der Waals surface area contributed by atoms with Crippen LogP contribution in [0.1, 0.15) is 76.5 Å². The molecule has 3 N–H and O–H groups in total. The number of carbonyl (C=O) groups is 2. The second-order valence-electron chi connectivity index (χ2n) is 10.7. The molecule has 1 saturated heterocycles. The highest BCUT2D eigenvalue weighted by Crippen LogP contribution is 2.36. The molecule has 2 amide bonds. The Kier molecular flexibility index (Phi) is 8.69. The summed E-state index contributed by atoms with van der Waals surface area (Å²) in [6, 6.07) is 1.44. The van der Waals surface area contributed by atoms with Gasteiger partial charge in [-0.1, -0.05) is 5.16 Å². The Bertz CT molecular complexity index is 1250. The molecule has 0 spiro atoms. The smallest absolute Gasteiger partial charge is 0.410 e. The standard InChI is InChI=1S/C24H32F2N6O5.ClH/c1-23(2,3)37-22(35)31-10-6-14(7-11-31)17-12-18(33)28-20-16(13-27-32(17)20)19(30-36)29-21(34)15-4-8-24(25,26)9-5-15;/h12-15,36H,4-11H2,1-3H3,(H,28,33)(H,29,30,34);1H. The maximum absolute atomic E-state index is 13.5. The highest BCUT2D eigenvalue weighted by Gasteiger charge is 2.38. The summed E-state index contributed by atoms with van der Waals surface area (Å²) in [5, 5.41) is 19.6. The molecular formula is C24H33ClF2N6O5. The molecule has 3 heterocycles. The average molecular weight is 559 g/mol. The largest absolute Gasteiger partial charge is 0.444 e. The number of hydrogen-bond acceptors (Lipinski definition) is 7. The van der Waals surface area contributed by atoms with E-state index in [4.69, 9.17) is 4.74 Å². The van der Waals surface area contributed by atoms with Gasteiger partial charge in [-0.15, -0.1) is 12.4 Å². The molecule has 1 aliphatic carbocycles. The summed E-state index contributed by atoms with van der Waals surface area (Å²) in [4.78, 5) is 41.9. The van der Waals surface area contributed by atoms with Gasteiger partial charge in [0.25, 0.3) is 5.56 Å². The van der Waals surface area contributed by atoms with Crippen LogP contribution in [0.4, 0.5) is 13.6 Å². The molecule has 0 radical (unpaired) electrons. The Morgan fingerprint density at radius 1 is 1.21 bits per heavy atom. The number of ether oxygens (including phenoxy) is 1. The van der Waals surface area contributed by atoms with Crippen molar-refractivity contribution in [3.8, 4) is 0 Å². The SMILES string of the molecule is CC(C)(C)OC(=O)N1CCC(c2cc(=O)[nH]c3c(/C(=N\O)NC(=O)C4CCC(F)(F)CC4)cnn23)CC1.Cl. The van der Waals surface area contributed by atoms with Crippen LogP contribution in [0.25, 0.3) is 5.65 Å². The van der Waals surface area contributed by atoms with Crippen LogP contribution in [0.2, 0.25) is 0 Å². The van der Waals surface area contributed by atoms with Crippen molar-refractivity contribution in [2.24, 2.45) is 11.1 Å². The molecule has 14 heteroatoms. The number of amides is 2. The van der Waals surface area contributed by atoms with Crippen molar-refractivity contribution >= 4 is 35.9 Å². The Labute approximate surface area is 224 Å². The number of amidine groups is 1. The summed E-state index contributed by atoms with van der Waals surface area (Å²) in [5.74, 6) is -4.25. The normalized spacial score (nSPS) is 19.2. The Balaban J connectivity index is 0.00000400. The number of aromatic nitrogens is 3. The predicted molar refractivity (Wildman–Crippen MR) is 136 cm³/mol. The van der Waals surface area contributed by atoms with E-state index in [1.807, 2.05) is 0 Å². The number of halogens is 3. The minimum absolute atomic E-state index is 0. The van der Waals surface area contributed by atoms with Gasteiger partial charge in [0.05, 0.1) is 17.5 Å². The van der Waals surface area contributed by atoms with Crippen LogP contribution in [0.3, 0.4) is 0 Å². The lowest BCUT2D eigenvalue weighted by atomic mass is 9.86. The third-order valence-corrected chi connectivity index (χ3v) is 6.78. The van der Waals surface area contributed by atoms with E-state index in [1.54, 1.807) is 25.7 Å². The van der Waals surface area contributed by atoms with Gasteiger partial charge in [-0.05, 0) is 46.5 Å². The van der Waals surface area contributed by atoms with Crippen LogP contribution < -0.4 is 10.9 Å². The lowest BCUT2D eigenvalue weighted by Gasteiger charge is -2.33. The number of H-pyrrole nitrogens is 1. The number of carbonyl (C=O) groups excluding carboxylic acids is 2. The lowest BCUT2D eigenvalue weighted by Crippen LogP contribution is -2.41. The third kappa shape index (κ3) is 6.61. The van der Waals surface area contributed by atoms with Crippen LogP contribution >= 0.6 is 12.4 Å². The van der Waals surface area contributed by atoms with E-state index in [0.717, 1.165) is 0 Å². The van der Waals surface area contributed by atoms with Gasteiger partial charge in [0.1, 0.15) is 11.2 Å². The fourth-order valence-corrected chi connectivity index (χ4v) is 4.83. The topological polar surface area (TPSA) is 141 Å². The second-order valence-corrected chi connectivity index (χ2v) is 10.7. The summed E-state index contributed by atoms with van der Waals surface area (Å²) >= 11 is 0. The molecule has 0 atom stereocenters. The monoisotopic (exact) mass is 558 g/mol. The van der Waals surface area contributed by atoms with Gasteiger partial charge in [-0.2, -0.15) is 5.10 Å². The summed E-state index contributed by atoms with van der Waals surface area (Å²) in [6.07, 6.45) is 1.42. The van der Waals surface area contributed by atoms with Gasteiger partial charge in [-0.3, -0.25) is 9.59 Å². The van der Waals surface area contributed by atoms with Crippen molar-refractivity contribution in [2.45, 2.75) is 76.7 Å². The molecule has 11 nitrogen and oxygen atoms in total. The summed E-state index contributed by atoms with van der Waals surface area (Å²) in [6.45, 7) is 6.31. The van der Waals surface area contributed by atoms with Crippen molar-refractivity contribution in [3.05, 3.63) is 33.9 Å². The number of rotatable bonds is 3. The van der Waals surface area contributed by atoms with E-state index < -0.39 is 28.9 Å². The van der Waals surface area contributed by atoms with Gasteiger partial charge in [0.15, 0.2) is 5.84 Å². The molecule has 1 aliphatic heterocycles. The molecule has 1 saturated carbocycles. The molecular weight excluding hydrogens is 526 g/mol. The molecule has 2 aromatic rings. The third-order valence-electron chi connectivity index (χ3n) is 6.78. The predicted octanol–water partition coefficient (Wildman–Crippen LogP) is 3.64. The van der Waals surface area contributed by atoms with Crippen molar-refractivity contribution < 1.29 is 28.3 Å². The summed E-state index contributed by atoms with van der Waals surface area (Å²) in [7, 11) is 0. The Morgan fingerprint density at radius 2 is 1.84 bits per heavy atom. The van der Waals surface area contributed by atoms with Crippen LogP contribution in [0, 0.1) is 5.92 Å². The lowest BCUT2D eigenvalue weighted by molar-refractivity contribution is -0.127. The van der Waals surface area contributed by atoms with Crippen molar-refractivity contribution in [1.82, 2.24) is 24.8 Å². The van der Waals surface area contributed by atoms with Crippen LogP contribution in [-0.4, -0.2) is 67.2 Å². The zero-order chi connectivity index (χ0) is 27.0. The molecule has 0 bridgehead atoms. The molecule has 210 valence electrons. The van der Waals surface area contributed by atoms with Gasteiger partial charge in [0.2, 0.25) is 11.8 Å². The van der Waals surface area contributed by atoms with E-state index in [2.05, 4.69) is 20.6 Å². The van der Waals surface area contributed by atoms with E-state index in [9.17, 15) is 28.4 Å². The first-order chi connectivity index (χ1) is 17.4. The number of alkyl halides is 2. The van der Waals surface area contributed by atoms with Crippen LogP contribution in [0.15, 0.2) is 22.2 Å². The maximum atomic E-state index is 13.5. The number of nitrogens with one attached hydrogen (secondary N) is 2. The first kappa shape index (κ1) is 29.3. The molecule has 2 aromatic heterocycles. The molecule has 4 rings (SSSR count). The maximum Gasteiger partial charge on any atom is 0.410 e. The zero-order valence-electron chi connectivity index (χ0n) is 21.5. The molecule has 2 fully saturated rings. The number of nitrogens with zero attached hydrogens (tertiary/aromatic N) is 4. The van der Waals surface area contributed by atoms with Gasteiger partial charge in [-0.25, -0.2) is 18.1 Å². The minimum atomic E-state index is -2.77. The van der Waals surface area contributed by atoms with E-state index in [0.29, 0.717) is 31.6 Å². The van der Waals surface area contributed by atoms with E-state index >= 15 is 0 Å². The number of piperidine rings is 1. The highest BCUT2D eigenvalue weighted by atomic mass is 35.5. The first-order valence-corrected chi connectivity index (χ1v) is 12.4. The van der Waals surface area contributed by atoms with Crippen molar-refractivity contribution in [1.29, 1.82) is 0 Å². The van der Waals surface area contributed by atoms with Crippen molar-refractivity contribution in [3.63, 3.8) is 0 Å². The van der Waals surface area contributed by atoms with E-state index in [1.165, 1.54) is 16.8 Å². The molecule has 2 aliphatic rings. The zero-order valence-corrected chi connectivity index (χ0v) is 22.3. The minimum Gasteiger partial charge on any atom is -0.444 e. The summed E-state index contributed by atoms with van der Waals surface area (Å²) < 4.78 is 33.9. The Hall–Kier alpha value is -3.22. The molecule has 38 heavy (non-hydrogen) atoms. The number of oxime groups is 1. The van der Waals surface area contributed by atoms with Gasteiger partial charge >= 0.3 is 6.09 Å². The number of aromatic amines is 1. The second kappa shape index (κ2) is 11.3. The number of hydrogen-bond donors (Lipinski definition) is 3. The quantitative estimate of drug-likeness (QED) is 0.227. The van der Waals surface area contributed by atoms with Gasteiger partial charge < -0.3 is 25.1 Å². The fourth-order valence-electron chi connectivity index (χ4n) is 4.83. The van der Waals surface area contributed by atoms with Crippen LogP contribution in [-0.2, 0) is 9.53 Å². The highest BCUT2D eigenvalue weighted by molar-refractivity contribution is 6.11. The fraction of sp³-hybridized carbons (Fsp3) is 0.625. The average Bonchev–Trinajstić information content (AvgIpc) is 3.24. The van der Waals surface area contributed by atoms with Gasteiger partial charge in [0, 0.05) is 43.8 Å². The number of likely N-dealkylation sites (tertiary alicyclic amines) is 1. The van der Waals surface area contributed by atoms with E-state index in [-0.39, 0.29) is 67.1 Å².